The first-order valence-corrected chi connectivity index (χ1v) is 10.8. The van der Waals surface area contributed by atoms with Crippen LogP contribution in [0, 0.1) is 5.82 Å². The molecule has 0 aromatic heterocycles. The van der Waals surface area contributed by atoms with E-state index in [4.69, 9.17) is 21.1 Å². The summed E-state index contributed by atoms with van der Waals surface area (Å²) >= 11 is 6.13. The maximum atomic E-state index is 14.0. The minimum atomic E-state index is -0.289. The van der Waals surface area contributed by atoms with E-state index in [2.05, 4.69) is 4.90 Å². The van der Waals surface area contributed by atoms with Crippen LogP contribution in [0.5, 0.6) is 5.75 Å². The molecule has 2 aliphatic rings. The Kier molecular flexibility index (Phi) is 6.87. The van der Waals surface area contributed by atoms with Gasteiger partial charge in [-0.3, -0.25) is 9.69 Å². The van der Waals surface area contributed by atoms with Crippen LogP contribution in [-0.4, -0.2) is 61.2 Å². The Morgan fingerprint density at radius 2 is 1.90 bits per heavy atom. The summed E-state index contributed by atoms with van der Waals surface area (Å²) < 4.78 is 25.3. The van der Waals surface area contributed by atoms with E-state index in [9.17, 15) is 9.18 Å². The molecule has 2 aliphatic heterocycles. The van der Waals surface area contributed by atoms with Crippen LogP contribution in [0.15, 0.2) is 42.5 Å². The molecule has 0 unspecified atom stereocenters. The van der Waals surface area contributed by atoms with E-state index < -0.39 is 0 Å². The number of carbonyl (C=O) groups excluding carboxylic acids is 1. The minimum Gasteiger partial charge on any atom is -0.491 e. The molecule has 0 bridgehead atoms. The Morgan fingerprint density at radius 3 is 2.57 bits per heavy atom. The number of nitrogens with zero attached hydrogens (tertiary/aromatic N) is 2. The van der Waals surface area contributed by atoms with Gasteiger partial charge in [0.15, 0.2) is 0 Å². The summed E-state index contributed by atoms with van der Waals surface area (Å²) in [4.78, 5) is 16.8. The number of piperazine rings is 1. The van der Waals surface area contributed by atoms with Crippen LogP contribution in [-0.2, 0) is 11.3 Å². The smallest absolute Gasteiger partial charge is 0.253 e. The van der Waals surface area contributed by atoms with Crippen LogP contribution >= 0.6 is 11.6 Å². The summed E-state index contributed by atoms with van der Waals surface area (Å²) in [5, 5.41) is 0.440. The first-order valence-electron chi connectivity index (χ1n) is 10.4. The third-order valence-electron chi connectivity index (χ3n) is 5.66. The maximum Gasteiger partial charge on any atom is 0.253 e. The lowest BCUT2D eigenvalue weighted by Crippen LogP contribution is -2.48. The Hall–Kier alpha value is -2.15. The molecule has 0 N–H and O–H groups in total. The predicted molar refractivity (Wildman–Crippen MR) is 114 cm³/mol. The molecular formula is C23H26ClFN2O3. The molecular weight excluding hydrogens is 407 g/mol. The number of rotatable bonds is 6. The Morgan fingerprint density at radius 1 is 1.13 bits per heavy atom. The molecule has 1 amide bonds. The summed E-state index contributed by atoms with van der Waals surface area (Å²) in [6.07, 6.45) is 2.29. The van der Waals surface area contributed by atoms with Crippen LogP contribution in [0.25, 0.3) is 0 Å². The Labute approximate surface area is 181 Å². The Balaban J connectivity index is 1.27. The normalized spacial score (nSPS) is 19.8. The molecule has 2 aromatic carbocycles. The van der Waals surface area contributed by atoms with E-state index in [-0.39, 0.29) is 17.8 Å². The van der Waals surface area contributed by atoms with Crippen molar-refractivity contribution in [1.82, 2.24) is 9.80 Å². The first kappa shape index (κ1) is 21.1. The van der Waals surface area contributed by atoms with Gasteiger partial charge in [0, 0.05) is 55.5 Å². The largest absolute Gasteiger partial charge is 0.491 e. The molecule has 160 valence electrons. The van der Waals surface area contributed by atoms with Gasteiger partial charge < -0.3 is 14.4 Å². The zero-order chi connectivity index (χ0) is 20.9. The van der Waals surface area contributed by atoms with Crippen LogP contribution in [0.2, 0.25) is 5.02 Å². The number of halogens is 2. The molecule has 7 heteroatoms. The standard InChI is InChI=1S/C23H26ClFN2O3/c24-21-4-1-5-22(25)20(21)15-26-10-12-27(13-11-26)23(28)17-6-8-18(9-7-17)30-16-19-3-2-14-29-19/h1,4-9,19H,2-3,10-16H2/t19-/m0/s1. The SMILES string of the molecule is O=C(c1ccc(OC[C@@H]2CCCO2)cc1)N1CCN(Cc2c(F)cccc2Cl)CC1. The van der Waals surface area contributed by atoms with E-state index >= 15 is 0 Å². The third kappa shape index (κ3) is 5.12. The van der Waals surface area contributed by atoms with Crippen molar-refractivity contribution < 1.29 is 18.7 Å². The van der Waals surface area contributed by atoms with E-state index in [0.29, 0.717) is 55.5 Å². The zero-order valence-corrected chi connectivity index (χ0v) is 17.6. The molecule has 2 fully saturated rings. The van der Waals surface area contributed by atoms with E-state index in [1.165, 1.54) is 6.07 Å². The number of carbonyl (C=O) groups is 1. The van der Waals surface area contributed by atoms with Crippen LogP contribution in [0.1, 0.15) is 28.8 Å². The maximum absolute atomic E-state index is 14.0. The van der Waals surface area contributed by atoms with Gasteiger partial charge in [0.05, 0.1) is 6.10 Å². The molecule has 1 atom stereocenters. The van der Waals surface area contributed by atoms with Gasteiger partial charge in [-0.05, 0) is 49.2 Å². The zero-order valence-electron chi connectivity index (χ0n) is 16.9. The lowest BCUT2D eigenvalue weighted by atomic mass is 10.1. The molecule has 5 nitrogen and oxygen atoms in total. The van der Waals surface area contributed by atoms with Gasteiger partial charge in [-0.25, -0.2) is 4.39 Å². The van der Waals surface area contributed by atoms with E-state index in [1.807, 2.05) is 17.0 Å². The van der Waals surface area contributed by atoms with Gasteiger partial charge >= 0.3 is 0 Å². The molecule has 4 rings (SSSR count). The summed E-state index contributed by atoms with van der Waals surface area (Å²) in [6.45, 7) is 4.36. The summed E-state index contributed by atoms with van der Waals surface area (Å²) in [5.74, 6) is 0.459. The van der Waals surface area contributed by atoms with Crippen molar-refractivity contribution in [2.45, 2.75) is 25.5 Å². The monoisotopic (exact) mass is 432 g/mol. The van der Waals surface area contributed by atoms with Crippen molar-refractivity contribution in [3.63, 3.8) is 0 Å². The van der Waals surface area contributed by atoms with Crippen LogP contribution in [0.4, 0.5) is 4.39 Å². The van der Waals surface area contributed by atoms with Crippen molar-refractivity contribution in [3.8, 4) is 5.75 Å². The highest BCUT2D eigenvalue weighted by Gasteiger charge is 2.23. The van der Waals surface area contributed by atoms with Crippen molar-refractivity contribution >= 4 is 17.5 Å². The van der Waals surface area contributed by atoms with Gasteiger partial charge in [0.1, 0.15) is 18.2 Å². The lowest BCUT2D eigenvalue weighted by molar-refractivity contribution is 0.0625. The van der Waals surface area contributed by atoms with Crippen molar-refractivity contribution in [2.24, 2.45) is 0 Å². The quantitative estimate of drug-likeness (QED) is 0.692. The average Bonchev–Trinajstić information content (AvgIpc) is 3.29. The van der Waals surface area contributed by atoms with Gasteiger partial charge in [-0.15, -0.1) is 0 Å². The first-order chi connectivity index (χ1) is 14.6. The van der Waals surface area contributed by atoms with E-state index in [0.717, 1.165) is 25.2 Å². The third-order valence-corrected chi connectivity index (χ3v) is 6.02. The predicted octanol–water partition coefficient (Wildman–Crippen LogP) is 3.99. The topological polar surface area (TPSA) is 42.0 Å². The number of amides is 1. The van der Waals surface area contributed by atoms with Gasteiger partial charge in [0.25, 0.3) is 5.91 Å². The Bertz CT molecular complexity index is 843. The highest BCUT2D eigenvalue weighted by Crippen LogP contribution is 2.22. The fourth-order valence-corrected chi connectivity index (χ4v) is 4.08. The second kappa shape index (κ2) is 9.77. The second-order valence-corrected chi connectivity index (χ2v) is 8.15. The minimum absolute atomic E-state index is 0.00394. The fourth-order valence-electron chi connectivity index (χ4n) is 3.86. The second-order valence-electron chi connectivity index (χ2n) is 7.74. The van der Waals surface area contributed by atoms with Gasteiger partial charge in [0.2, 0.25) is 0 Å². The number of ether oxygens (including phenoxy) is 2. The molecule has 0 saturated carbocycles. The van der Waals surface area contributed by atoms with Crippen LogP contribution < -0.4 is 4.74 Å². The molecule has 2 saturated heterocycles. The summed E-state index contributed by atoms with van der Waals surface area (Å²) in [6, 6.07) is 12.0. The number of benzene rings is 2. The molecule has 30 heavy (non-hydrogen) atoms. The lowest BCUT2D eigenvalue weighted by Gasteiger charge is -2.35. The average molecular weight is 433 g/mol. The molecule has 2 aromatic rings. The van der Waals surface area contributed by atoms with Crippen LogP contribution in [0.3, 0.4) is 0 Å². The van der Waals surface area contributed by atoms with E-state index in [1.54, 1.807) is 24.3 Å². The van der Waals surface area contributed by atoms with Crippen molar-refractivity contribution in [2.75, 3.05) is 39.4 Å². The fraction of sp³-hybridized carbons (Fsp3) is 0.435. The molecule has 0 spiro atoms. The van der Waals surface area contributed by atoms with Crippen molar-refractivity contribution in [3.05, 3.63) is 64.4 Å². The van der Waals surface area contributed by atoms with Gasteiger partial charge in [-0.2, -0.15) is 0 Å². The highest BCUT2D eigenvalue weighted by atomic mass is 35.5. The highest BCUT2D eigenvalue weighted by molar-refractivity contribution is 6.31. The number of hydrogen-bond donors (Lipinski definition) is 0. The molecule has 2 heterocycles. The summed E-state index contributed by atoms with van der Waals surface area (Å²) in [5.41, 5.74) is 1.16. The van der Waals surface area contributed by atoms with Crippen molar-refractivity contribution in [1.29, 1.82) is 0 Å². The molecule has 0 aliphatic carbocycles. The molecule has 0 radical (unpaired) electrons. The van der Waals surface area contributed by atoms with Gasteiger partial charge in [-0.1, -0.05) is 17.7 Å². The summed E-state index contributed by atoms with van der Waals surface area (Å²) in [7, 11) is 0. The number of hydrogen-bond acceptors (Lipinski definition) is 4.